The van der Waals surface area contributed by atoms with Crippen molar-refractivity contribution in [1.29, 1.82) is 0 Å². The normalized spacial score (nSPS) is 12.8. The fraction of sp³-hybridized carbons (Fsp3) is 0.429. The fourth-order valence-electron chi connectivity index (χ4n) is 3.11. The number of fused-ring (bicyclic) bond motifs is 1. The summed E-state index contributed by atoms with van der Waals surface area (Å²) in [7, 11) is 1.29. The Labute approximate surface area is 211 Å². The van der Waals surface area contributed by atoms with Crippen LogP contribution >= 0.6 is 34.5 Å². The largest absolute Gasteiger partial charge is 0.465 e. The van der Waals surface area contributed by atoms with E-state index in [9.17, 15) is 18.4 Å². The van der Waals surface area contributed by atoms with Crippen LogP contribution in [0.3, 0.4) is 0 Å². The van der Waals surface area contributed by atoms with Gasteiger partial charge < -0.3 is 14.2 Å². The van der Waals surface area contributed by atoms with E-state index in [2.05, 4.69) is 14.8 Å². The molecule has 3 rings (SSSR count). The van der Waals surface area contributed by atoms with Crippen LogP contribution in [0.2, 0.25) is 10.0 Å². The highest BCUT2D eigenvalue weighted by Crippen LogP contribution is 2.44. The van der Waals surface area contributed by atoms with Gasteiger partial charge in [-0.3, -0.25) is 9.59 Å². The molecule has 0 N–H and O–H groups in total. The van der Waals surface area contributed by atoms with Crippen LogP contribution in [0.5, 0.6) is 5.88 Å². The molecule has 3 aromatic rings. The average Bonchev–Trinajstić information content (AvgIpc) is 3.24. The SMILES string of the molecule is CCOC(=O)C(C(=O)OC(C)(C)C)c1nc2c(Cl)cc(F)c(-c3nn(C)c(OC(F)F)c3Cl)c2s1. The third kappa shape index (κ3) is 5.65. The quantitative estimate of drug-likeness (QED) is 0.272. The Morgan fingerprint density at radius 2 is 1.89 bits per heavy atom. The van der Waals surface area contributed by atoms with E-state index in [0.717, 1.165) is 22.1 Å². The summed E-state index contributed by atoms with van der Waals surface area (Å²) in [5.41, 5.74) is -1.32. The summed E-state index contributed by atoms with van der Waals surface area (Å²) in [6, 6.07) is 0.939. The third-order valence-electron chi connectivity index (χ3n) is 4.38. The average molecular weight is 554 g/mol. The van der Waals surface area contributed by atoms with Gasteiger partial charge in [0.25, 0.3) is 0 Å². The summed E-state index contributed by atoms with van der Waals surface area (Å²) in [6.07, 6.45) is 0. The molecule has 0 bridgehead atoms. The van der Waals surface area contributed by atoms with Crippen LogP contribution in [0.15, 0.2) is 6.07 Å². The lowest BCUT2D eigenvalue weighted by Crippen LogP contribution is -2.32. The molecule has 0 aliphatic heterocycles. The molecule has 1 unspecified atom stereocenters. The van der Waals surface area contributed by atoms with Crippen LogP contribution in [-0.2, 0) is 26.1 Å². The summed E-state index contributed by atoms with van der Waals surface area (Å²) >= 11 is 13.2. The van der Waals surface area contributed by atoms with E-state index < -0.39 is 41.8 Å². The zero-order valence-corrected chi connectivity index (χ0v) is 21.4. The van der Waals surface area contributed by atoms with Gasteiger partial charge in [-0.15, -0.1) is 11.3 Å². The fourth-order valence-corrected chi connectivity index (χ4v) is 4.90. The number of alkyl halides is 2. The second-order valence-electron chi connectivity index (χ2n) is 8.13. The minimum absolute atomic E-state index is 0.0138. The van der Waals surface area contributed by atoms with E-state index in [1.807, 2.05) is 0 Å². The summed E-state index contributed by atoms with van der Waals surface area (Å²) in [5.74, 6) is -4.78. The van der Waals surface area contributed by atoms with Crippen LogP contribution < -0.4 is 4.74 Å². The van der Waals surface area contributed by atoms with Gasteiger partial charge >= 0.3 is 18.6 Å². The van der Waals surface area contributed by atoms with Crippen LogP contribution in [0.25, 0.3) is 21.5 Å². The number of aryl methyl sites for hydroxylation is 1. The Kier molecular flexibility index (Phi) is 7.87. The lowest BCUT2D eigenvalue weighted by atomic mass is 10.1. The molecule has 14 heteroatoms. The Morgan fingerprint density at radius 1 is 1.23 bits per heavy atom. The Bertz CT molecular complexity index is 1290. The van der Waals surface area contributed by atoms with Crippen molar-refractivity contribution in [2.45, 2.75) is 45.8 Å². The molecule has 2 heterocycles. The second kappa shape index (κ2) is 10.2. The molecule has 0 amide bonds. The number of aromatic nitrogens is 3. The number of benzene rings is 1. The number of esters is 2. The van der Waals surface area contributed by atoms with Crippen molar-refractivity contribution < 1.29 is 37.0 Å². The smallest absolute Gasteiger partial charge is 0.388 e. The van der Waals surface area contributed by atoms with Gasteiger partial charge in [-0.2, -0.15) is 13.9 Å². The predicted molar refractivity (Wildman–Crippen MR) is 124 cm³/mol. The number of thiazole rings is 1. The zero-order chi connectivity index (χ0) is 26.2. The number of halogens is 5. The number of hydrogen-bond acceptors (Lipinski definition) is 8. The van der Waals surface area contributed by atoms with Gasteiger partial charge in [-0.05, 0) is 33.8 Å². The predicted octanol–water partition coefficient (Wildman–Crippen LogP) is 5.73. The van der Waals surface area contributed by atoms with Crippen molar-refractivity contribution in [2.75, 3.05) is 6.61 Å². The van der Waals surface area contributed by atoms with Gasteiger partial charge in [-0.25, -0.2) is 14.1 Å². The molecule has 0 aliphatic carbocycles. The molecule has 8 nitrogen and oxygen atoms in total. The van der Waals surface area contributed by atoms with Crippen molar-refractivity contribution in [3.63, 3.8) is 0 Å². The Morgan fingerprint density at radius 3 is 2.46 bits per heavy atom. The number of carbonyl (C=O) groups is 2. The van der Waals surface area contributed by atoms with Gasteiger partial charge in [0, 0.05) is 7.05 Å². The topological polar surface area (TPSA) is 92.5 Å². The lowest BCUT2D eigenvalue weighted by molar-refractivity contribution is -0.164. The van der Waals surface area contributed by atoms with E-state index in [-0.39, 0.29) is 43.1 Å². The van der Waals surface area contributed by atoms with Gasteiger partial charge in [0.15, 0.2) is 0 Å². The first kappa shape index (κ1) is 27.0. The molecule has 190 valence electrons. The summed E-state index contributed by atoms with van der Waals surface area (Å²) in [4.78, 5) is 29.8. The van der Waals surface area contributed by atoms with Crippen molar-refractivity contribution in [3.05, 3.63) is 26.9 Å². The number of hydrogen-bond donors (Lipinski definition) is 0. The summed E-state index contributed by atoms with van der Waals surface area (Å²) in [6.45, 7) is 3.23. The molecule has 0 spiro atoms. The molecule has 0 fully saturated rings. The first-order valence-electron chi connectivity index (χ1n) is 10.1. The molecule has 1 aromatic carbocycles. The van der Waals surface area contributed by atoms with E-state index in [1.54, 1.807) is 27.7 Å². The maximum atomic E-state index is 15.1. The highest BCUT2D eigenvalue weighted by Gasteiger charge is 2.38. The molecule has 0 aliphatic rings. The maximum absolute atomic E-state index is 15.1. The van der Waals surface area contributed by atoms with Crippen LogP contribution in [-0.4, -0.2) is 45.5 Å². The second-order valence-corrected chi connectivity index (χ2v) is 9.95. The van der Waals surface area contributed by atoms with Crippen molar-refractivity contribution >= 4 is 56.7 Å². The molecular formula is C21H20Cl2F3N3O5S. The molecule has 0 radical (unpaired) electrons. The number of nitrogens with zero attached hydrogens (tertiary/aromatic N) is 3. The molecule has 0 saturated heterocycles. The van der Waals surface area contributed by atoms with Crippen LogP contribution in [0, 0.1) is 5.82 Å². The molecule has 35 heavy (non-hydrogen) atoms. The van der Waals surface area contributed by atoms with Gasteiger partial charge in [0.1, 0.15) is 32.7 Å². The van der Waals surface area contributed by atoms with E-state index in [4.69, 9.17) is 32.7 Å². The van der Waals surface area contributed by atoms with Gasteiger partial charge in [-0.1, -0.05) is 23.2 Å². The van der Waals surface area contributed by atoms with Crippen molar-refractivity contribution in [3.8, 4) is 17.1 Å². The highest BCUT2D eigenvalue weighted by atomic mass is 35.5. The monoisotopic (exact) mass is 553 g/mol. The Hall–Kier alpha value is -2.57. The lowest BCUT2D eigenvalue weighted by Gasteiger charge is -2.22. The van der Waals surface area contributed by atoms with Crippen molar-refractivity contribution in [1.82, 2.24) is 14.8 Å². The molecule has 0 saturated carbocycles. The molecule has 2 aromatic heterocycles. The van der Waals surface area contributed by atoms with E-state index >= 15 is 4.39 Å². The molecular weight excluding hydrogens is 534 g/mol. The minimum Gasteiger partial charge on any atom is -0.465 e. The van der Waals surface area contributed by atoms with Crippen LogP contribution in [0.4, 0.5) is 13.2 Å². The maximum Gasteiger partial charge on any atom is 0.388 e. The zero-order valence-electron chi connectivity index (χ0n) is 19.1. The minimum atomic E-state index is -3.19. The van der Waals surface area contributed by atoms with Gasteiger partial charge in [0.05, 0.1) is 21.9 Å². The number of ether oxygens (including phenoxy) is 3. The first-order chi connectivity index (χ1) is 16.2. The molecule has 1 atom stereocenters. The third-order valence-corrected chi connectivity index (χ3v) is 6.14. The first-order valence-corrected chi connectivity index (χ1v) is 11.7. The van der Waals surface area contributed by atoms with Gasteiger partial charge in [0.2, 0.25) is 11.8 Å². The van der Waals surface area contributed by atoms with E-state index in [1.165, 1.54) is 7.05 Å². The highest BCUT2D eigenvalue weighted by molar-refractivity contribution is 7.19. The Balaban J connectivity index is 2.23. The number of rotatable bonds is 7. The summed E-state index contributed by atoms with van der Waals surface area (Å²) < 4.78 is 56.5. The van der Waals surface area contributed by atoms with E-state index in [0.29, 0.717) is 0 Å². The van der Waals surface area contributed by atoms with Crippen LogP contribution in [0.1, 0.15) is 38.6 Å². The summed E-state index contributed by atoms with van der Waals surface area (Å²) in [5, 5.41) is 3.45. The number of carbonyl (C=O) groups excluding carboxylic acids is 2. The standard InChI is InChI=1S/C21H20Cl2F3N3O5S/c1-6-32-18(30)11(19(31)34-21(2,3)4)16-27-13-8(22)7-9(24)10(15(13)35-16)14-12(23)17(29(5)28-14)33-20(25)26/h7,11,20H,6H2,1-5H3. The van der Waals surface area contributed by atoms with Crippen molar-refractivity contribution in [2.24, 2.45) is 7.05 Å².